The number of aromatic nitrogens is 1. The standard InChI is InChI=1S/C12H14N2O3S/c13-9-1-3-11(4-2-9)17-7-10(15)8-18-12-14-5-6-16-12/h1-6,10,15H,7-8,13H2. The van der Waals surface area contributed by atoms with Crippen molar-refractivity contribution in [3.05, 3.63) is 36.7 Å². The molecule has 0 aliphatic heterocycles. The van der Waals surface area contributed by atoms with Gasteiger partial charge in [-0.3, -0.25) is 0 Å². The van der Waals surface area contributed by atoms with Gasteiger partial charge in [-0.1, -0.05) is 11.8 Å². The summed E-state index contributed by atoms with van der Waals surface area (Å²) in [6.45, 7) is 0.220. The van der Waals surface area contributed by atoms with Gasteiger partial charge in [0.25, 0.3) is 5.22 Å². The van der Waals surface area contributed by atoms with Crippen LogP contribution in [0.3, 0.4) is 0 Å². The quantitative estimate of drug-likeness (QED) is 0.613. The fourth-order valence-corrected chi connectivity index (χ4v) is 1.94. The Morgan fingerprint density at radius 1 is 1.39 bits per heavy atom. The first kappa shape index (κ1) is 12.8. The third kappa shape index (κ3) is 3.97. The molecule has 0 aliphatic rings. The first-order chi connectivity index (χ1) is 8.74. The average molecular weight is 266 g/mol. The molecular weight excluding hydrogens is 252 g/mol. The van der Waals surface area contributed by atoms with Gasteiger partial charge in [0.1, 0.15) is 18.6 Å². The fourth-order valence-electron chi connectivity index (χ4n) is 1.25. The molecule has 2 aromatic rings. The molecule has 5 nitrogen and oxygen atoms in total. The molecule has 0 spiro atoms. The fraction of sp³-hybridized carbons (Fsp3) is 0.250. The van der Waals surface area contributed by atoms with Crippen LogP contribution in [-0.2, 0) is 0 Å². The number of aliphatic hydroxyl groups is 1. The number of nitrogen functional groups attached to an aromatic ring is 1. The van der Waals surface area contributed by atoms with Crippen molar-refractivity contribution in [1.82, 2.24) is 4.98 Å². The number of aliphatic hydroxyl groups excluding tert-OH is 1. The molecule has 0 saturated carbocycles. The number of nitrogens with two attached hydrogens (primary N) is 1. The lowest BCUT2D eigenvalue weighted by molar-refractivity contribution is 0.126. The highest BCUT2D eigenvalue weighted by Gasteiger charge is 2.08. The number of rotatable bonds is 6. The van der Waals surface area contributed by atoms with Crippen molar-refractivity contribution in [2.75, 3.05) is 18.1 Å². The molecule has 0 saturated heterocycles. The van der Waals surface area contributed by atoms with Gasteiger partial charge >= 0.3 is 0 Å². The molecule has 2 rings (SSSR count). The minimum Gasteiger partial charge on any atom is -0.491 e. The van der Waals surface area contributed by atoms with E-state index in [0.29, 0.717) is 22.4 Å². The van der Waals surface area contributed by atoms with Crippen molar-refractivity contribution in [2.24, 2.45) is 0 Å². The third-order valence-electron chi connectivity index (χ3n) is 2.13. The summed E-state index contributed by atoms with van der Waals surface area (Å²) in [6, 6.07) is 7.04. The predicted octanol–water partition coefficient (Wildman–Crippen LogP) is 1.79. The number of hydrogen-bond acceptors (Lipinski definition) is 6. The van der Waals surface area contributed by atoms with E-state index >= 15 is 0 Å². The van der Waals surface area contributed by atoms with Gasteiger partial charge in [-0.2, -0.15) is 0 Å². The Labute approximate surface area is 109 Å². The lowest BCUT2D eigenvalue weighted by Crippen LogP contribution is -2.20. The van der Waals surface area contributed by atoms with Crippen molar-refractivity contribution in [3.63, 3.8) is 0 Å². The summed E-state index contributed by atoms with van der Waals surface area (Å²) in [5.74, 6) is 1.15. The molecule has 96 valence electrons. The largest absolute Gasteiger partial charge is 0.491 e. The highest BCUT2D eigenvalue weighted by Crippen LogP contribution is 2.17. The van der Waals surface area contributed by atoms with Crippen molar-refractivity contribution in [1.29, 1.82) is 0 Å². The zero-order valence-corrected chi connectivity index (χ0v) is 10.5. The number of oxazole rings is 1. The van der Waals surface area contributed by atoms with E-state index in [-0.39, 0.29) is 6.61 Å². The minimum atomic E-state index is -0.584. The summed E-state index contributed by atoms with van der Waals surface area (Å²) in [6.07, 6.45) is 2.48. The summed E-state index contributed by atoms with van der Waals surface area (Å²) in [4.78, 5) is 3.95. The summed E-state index contributed by atoms with van der Waals surface area (Å²) in [5, 5.41) is 10.3. The minimum absolute atomic E-state index is 0.220. The number of nitrogens with zero attached hydrogens (tertiary/aromatic N) is 1. The number of ether oxygens (including phenoxy) is 1. The van der Waals surface area contributed by atoms with Gasteiger partial charge in [-0.15, -0.1) is 0 Å². The van der Waals surface area contributed by atoms with Gasteiger partial charge < -0.3 is 20.0 Å². The van der Waals surface area contributed by atoms with Crippen LogP contribution in [-0.4, -0.2) is 28.6 Å². The maximum Gasteiger partial charge on any atom is 0.255 e. The van der Waals surface area contributed by atoms with Gasteiger partial charge in [0.15, 0.2) is 0 Å². The molecule has 1 atom stereocenters. The zero-order valence-electron chi connectivity index (χ0n) is 9.65. The van der Waals surface area contributed by atoms with Crippen LogP contribution in [0.25, 0.3) is 0 Å². The second-order valence-corrected chi connectivity index (χ2v) is 4.61. The van der Waals surface area contributed by atoms with E-state index in [2.05, 4.69) is 4.98 Å². The van der Waals surface area contributed by atoms with Crippen LogP contribution in [0.15, 0.2) is 46.4 Å². The van der Waals surface area contributed by atoms with E-state index in [9.17, 15) is 5.11 Å². The van der Waals surface area contributed by atoms with Crippen LogP contribution in [0, 0.1) is 0 Å². The number of hydrogen-bond donors (Lipinski definition) is 2. The lowest BCUT2D eigenvalue weighted by atomic mass is 10.3. The van der Waals surface area contributed by atoms with Crippen LogP contribution >= 0.6 is 11.8 Å². The molecule has 0 aliphatic carbocycles. The summed E-state index contributed by atoms with van der Waals surface area (Å²) in [5.41, 5.74) is 6.24. The lowest BCUT2D eigenvalue weighted by Gasteiger charge is -2.11. The number of anilines is 1. The van der Waals surface area contributed by atoms with Crippen LogP contribution < -0.4 is 10.5 Å². The Morgan fingerprint density at radius 2 is 2.17 bits per heavy atom. The molecule has 6 heteroatoms. The SMILES string of the molecule is Nc1ccc(OCC(O)CSc2ncco2)cc1. The molecule has 0 fully saturated rings. The maximum absolute atomic E-state index is 9.72. The maximum atomic E-state index is 9.72. The topological polar surface area (TPSA) is 81.5 Å². The Morgan fingerprint density at radius 3 is 2.83 bits per heavy atom. The Balaban J connectivity index is 1.71. The Hall–Kier alpha value is -1.66. The van der Waals surface area contributed by atoms with E-state index < -0.39 is 6.10 Å². The van der Waals surface area contributed by atoms with Crippen LogP contribution in [0.4, 0.5) is 5.69 Å². The monoisotopic (exact) mass is 266 g/mol. The molecule has 1 heterocycles. The van der Waals surface area contributed by atoms with E-state index in [1.807, 2.05) is 0 Å². The summed E-state index contributed by atoms with van der Waals surface area (Å²) >= 11 is 1.35. The van der Waals surface area contributed by atoms with Crippen molar-refractivity contribution in [2.45, 2.75) is 11.3 Å². The summed E-state index contributed by atoms with van der Waals surface area (Å²) < 4.78 is 10.5. The Bertz CT molecular complexity index is 459. The Kier molecular flexibility index (Phi) is 4.49. The van der Waals surface area contributed by atoms with Crippen molar-refractivity contribution < 1.29 is 14.3 Å². The molecule has 0 bridgehead atoms. The second kappa shape index (κ2) is 6.32. The van der Waals surface area contributed by atoms with Crippen LogP contribution in [0.1, 0.15) is 0 Å². The van der Waals surface area contributed by atoms with Gasteiger partial charge in [-0.05, 0) is 24.3 Å². The molecule has 0 radical (unpaired) electrons. The first-order valence-electron chi connectivity index (χ1n) is 5.43. The molecule has 0 amide bonds. The van der Waals surface area contributed by atoms with Gasteiger partial charge in [0, 0.05) is 11.4 Å². The smallest absolute Gasteiger partial charge is 0.255 e. The molecule has 1 aromatic heterocycles. The highest BCUT2D eigenvalue weighted by molar-refractivity contribution is 7.99. The first-order valence-corrected chi connectivity index (χ1v) is 6.41. The van der Waals surface area contributed by atoms with E-state index in [1.54, 1.807) is 30.5 Å². The second-order valence-electron chi connectivity index (χ2n) is 3.64. The van der Waals surface area contributed by atoms with Crippen LogP contribution in [0.2, 0.25) is 0 Å². The predicted molar refractivity (Wildman–Crippen MR) is 69.6 cm³/mol. The molecular formula is C12H14N2O3S. The molecule has 3 N–H and O–H groups in total. The van der Waals surface area contributed by atoms with Crippen molar-refractivity contribution in [3.8, 4) is 5.75 Å². The van der Waals surface area contributed by atoms with Crippen LogP contribution in [0.5, 0.6) is 5.75 Å². The van der Waals surface area contributed by atoms with Gasteiger partial charge in [0.05, 0.1) is 12.3 Å². The van der Waals surface area contributed by atoms with Gasteiger partial charge in [0.2, 0.25) is 0 Å². The highest BCUT2D eigenvalue weighted by atomic mass is 32.2. The normalized spacial score (nSPS) is 12.3. The zero-order chi connectivity index (χ0) is 12.8. The van der Waals surface area contributed by atoms with E-state index in [0.717, 1.165) is 0 Å². The number of benzene rings is 1. The average Bonchev–Trinajstić information content (AvgIpc) is 2.89. The molecule has 1 unspecified atom stereocenters. The molecule has 18 heavy (non-hydrogen) atoms. The van der Waals surface area contributed by atoms with Crippen molar-refractivity contribution >= 4 is 17.4 Å². The summed E-state index contributed by atoms with van der Waals surface area (Å²) in [7, 11) is 0. The third-order valence-corrected chi connectivity index (χ3v) is 3.13. The number of thioether (sulfide) groups is 1. The molecule has 1 aromatic carbocycles. The van der Waals surface area contributed by atoms with Gasteiger partial charge in [-0.25, -0.2) is 4.98 Å². The van der Waals surface area contributed by atoms with E-state index in [1.165, 1.54) is 18.0 Å². The van der Waals surface area contributed by atoms with E-state index in [4.69, 9.17) is 14.9 Å².